The lowest BCUT2D eigenvalue weighted by Crippen LogP contribution is -2.18. The number of benzene rings is 2. The zero-order valence-electron chi connectivity index (χ0n) is 12.7. The van der Waals surface area contributed by atoms with Crippen molar-refractivity contribution in [2.24, 2.45) is 0 Å². The van der Waals surface area contributed by atoms with Crippen molar-refractivity contribution in [2.75, 3.05) is 11.4 Å². The highest BCUT2D eigenvalue weighted by molar-refractivity contribution is 5.69. The van der Waals surface area contributed by atoms with Crippen molar-refractivity contribution in [3.05, 3.63) is 59.2 Å². The van der Waals surface area contributed by atoms with Gasteiger partial charge in [-0.05, 0) is 50.6 Å². The fourth-order valence-corrected chi connectivity index (χ4v) is 2.49. The molecule has 2 aromatic carbocycles. The first-order chi connectivity index (χ1) is 10.1. The van der Waals surface area contributed by atoms with Gasteiger partial charge < -0.3 is 10.0 Å². The van der Waals surface area contributed by atoms with Crippen molar-refractivity contribution in [3.8, 4) is 6.07 Å². The third-order valence-corrected chi connectivity index (χ3v) is 3.53. The number of aliphatic hydroxyl groups is 1. The molecule has 0 saturated carbocycles. The summed E-state index contributed by atoms with van der Waals surface area (Å²) in [6, 6.07) is 15.8. The maximum absolute atomic E-state index is 10.0. The van der Waals surface area contributed by atoms with Gasteiger partial charge in [-0.15, -0.1) is 0 Å². The third kappa shape index (κ3) is 3.24. The number of nitrogens with zero attached hydrogens (tertiary/aromatic N) is 2. The van der Waals surface area contributed by atoms with E-state index in [-0.39, 0.29) is 0 Å². The quantitative estimate of drug-likeness (QED) is 0.918. The third-order valence-electron chi connectivity index (χ3n) is 3.53. The normalized spacial score (nSPS) is 11.8. The molecule has 0 heterocycles. The van der Waals surface area contributed by atoms with E-state index in [2.05, 4.69) is 36.9 Å². The molecule has 0 fully saturated rings. The summed E-state index contributed by atoms with van der Waals surface area (Å²) in [5, 5.41) is 19.1. The van der Waals surface area contributed by atoms with Crippen LogP contribution in [0.5, 0.6) is 0 Å². The van der Waals surface area contributed by atoms with Crippen LogP contribution in [0.2, 0.25) is 0 Å². The molecular weight excluding hydrogens is 260 g/mol. The summed E-state index contributed by atoms with van der Waals surface area (Å²) >= 11 is 0. The number of anilines is 2. The minimum Gasteiger partial charge on any atom is -0.389 e. The lowest BCUT2D eigenvalue weighted by atomic mass is 10.0. The first-order valence-corrected chi connectivity index (χ1v) is 7.13. The molecule has 0 radical (unpaired) electrons. The minimum atomic E-state index is -0.577. The molecule has 0 aromatic heterocycles. The van der Waals surface area contributed by atoms with Gasteiger partial charge in [0.2, 0.25) is 0 Å². The van der Waals surface area contributed by atoms with E-state index in [9.17, 15) is 5.11 Å². The van der Waals surface area contributed by atoms with Crippen molar-refractivity contribution in [1.29, 1.82) is 5.26 Å². The summed E-state index contributed by atoms with van der Waals surface area (Å²) < 4.78 is 0. The molecule has 0 aliphatic carbocycles. The molecule has 0 saturated heterocycles. The Kier molecular flexibility index (Phi) is 4.62. The van der Waals surface area contributed by atoms with E-state index in [1.54, 1.807) is 13.0 Å². The fraction of sp³-hybridized carbons (Fsp3) is 0.278. The van der Waals surface area contributed by atoms with E-state index in [1.165, 1.54) is 5.56 Å². The van der Waals surface area contributed by atoms with Gasteiger partial charge in [-0.3, -0.25) is 0 Å². The fourth-order valence-electron chi connectivity index (χ4n) is 2.49. The molecule has 0 spiro atoms. The van der Waals surface area contributed by atoms with Gasteiger partial charge in [-0.2, -0.15) is 5.26 Å². The largest absolute Gasteiger partial charge is 0.389 e. The summed E-state index contributed by atoms with van der Waals surface area (Å²) in [4.78, 5) is 2.12. The summed E-state index contributed by atoms with van der Waals surface area (Å²) in [6.07, 6.45) is -0.577. The van der Waals surface area contributed by atoms with Gasteiger partial charge in [0.05, 0.1) is 17.7 Å². The monoisotopic (exact) mass is 280 g/mol. The van der Waals surface area contributed by atoms with Crippen LogP contribution in [0, 0.1) is 18.3 Å². The number of rotatable bonds is 4. The summed E-state index contributed by atoms with van der Waals surface area (Å²) in [5.74, 6) is 0. The van der Waals surface area contributed by atoms with Gasteiger partial charge in [0.1, 0.15) is 0 Å². The molecular formula is C18H20N2O. The second-order valence-corrected chi connectivity index (χ2v) is 5.14. The zero-order chi connectivity index (χ0) is 15.4. The number of aliphatic hydroxyl groups excluding tert-OH is 1. The van der Waals surface area contributed by atoms with E-state index in [0.717, 1.165) is 23.5 Å². The summed E-state index contributed by atoms with van der Waals surface area (Å²) in [5.41, 5.74) is 4.56. The second-order valence-electron chi connectivity index (χ2n) is 5.14. The number of nitriles is 1. The SMILES string of the molecule is CCN(c1cccc(C)c1)c1cc(C#N)ccc1[C@H](C)O. The molecule has 2 aromatic rings. The Morgan fingerprint density at radius 2 is 2.00 bits per heavy atom. The molecule has 21 heavy (non-hydrogen) atoms. The molecule has 1 atom stereocenters. The lowest BCUT2D eigenvalue weighted by molar-refractivity contribution is 0.200. The number of hydrogen-bond donors (Lipinski definition) is 1. The molecule has 2 rings (SSSR count). The molecule has 1 N–H and O–H groups in total. The smallest absolute Gasteiger partial charge is 0.0992 e. The molecule has 0 amide bonds. The second kappa shape index (κ2) is 6.43. The van der Waals surface area contributed by atoms with E-state index < -0.39 is 6.10 Å². The predicted molar refractivity (Wildman–Crippen MR) is 85.6 cm³/mol. The highest BCUT2D eigenvalue weighted by Gasteiger charge is 2.16. The van der Waals surface area contributed by atoms with Gasteiger partial charge in [0.25, 0.3) is 0 Å². The average Bonchev–Trinajstić information content (AvgIpc) is 2.47. The maximum atomic E-state index is 10.0. The van der Waals surface area contributed by atoms with Crippen LogP contribution in [0.25, 0.3) is 0 Å². The molecule has 0 unspecified atom stereocenters. The van der Waals surface area contributed by atoms with Crippen molar-refractivity contribution < 1.29 is 5.11 Å². The van der Waals surface area contributed by atoms with Gasteiger partial charge in [-0.25, -0.2) is 0 Å². The van der Waals surface area contributed by atoms with Gasteiger partial charge in [0.15, 0.2) is 0 Å². The lowest BCUT2D eigenvalue weighted by Gasteiger charge is -2.27. The number of aryl methyl sites for hydroxylation is 1. The number of hydrogen-bond acceptors (Lipinski definition) is 3. The van der Waals surface area contributed by atoms with Crippen LogP contribution in [-0.2, 0) is 0 Å². The molecule has 3 heteroatoms. The first-order valence-electron chi connectivity index (χ1n) is 7.13. The van der Waals surface area contributed by atoms with E-state index in [1.807, 2.05) is 24.3 Å². The molecule has 0 aliphatic rings. The van der Waals surface area contributed by atoms with Crippen LogP contribution < -0.4 is 4.90 Å². The standard InChI is InChI=1S/C18H20N2O/c1-4-20(16-7-5-6-13(2)10-16)18-11-15(12-19)8-9-17(18)14(3)21/h5-11,14,21H,4H2,1-3H3/t14-/m0/s1. The van der Waals surface area contributed by atoms with Crippen molar-refractivity contribution in [2.45, 2.75) is 26.9 Å². The van der Waals surface area contributed by atoms with Crippen LogP contribution in [0.4, 0.5) is 11.4 Å². The molecule has 108 valence electrons. The van der Waals surface area contributed by atoms with Crippen molar-refractivity contribution in [3.63, 3.8) is 0 Å². The maximum Gasteiger partial charge on any atom is 0.0992 e. The summed E-state index contributed by atoms with van der Waals surface area (Å²) in [6.45, 7) is 6.62. The van der Waals surface area contributed by atoms with E-state index >= 15 is 0 Å². The van der Waals surface area contributed by atoms with Crippen molar-refractivity contribution >= 4 is 11.4 Å². The molecule has 0 aliphatic heterocycles. The van der Waals surface area contributed by atoms with Crippen LogP contribution in [0.1, 0.15) is 36.6 Å². The van der Waals surface area contributed by atoms with Crippen LogP contribution in [0.15, 0.2) is 42.5 Å². The van der Waals surface area contributed by atoms with Crippen LogP contribution in [0.3, 0.4) is 0 Å². The van der Waals surface area contributed by atoms with E-state index in [4.69, 9.17) is 5.26 Å². The Bertz CT molecular complexity index is 671. The van der Waals surface area contributed by atoms with Crippen LogP contribution >= 0.6 is 0 Å². The zero-order valence-corrected chi connectivity index (χ0v) is 12.7. The highest BCUT2D eigenvalue weighted by atomic mass is 16.3. The van der Waals surface area contributed by atoms with Crippen molar-refractivity contribution in [1.82, 2.24) is 0 Å². The minimum absolute atomic E-state index is 0.577. The van der Waals surface area contributed by atoms with Gasteiger partial charge in [0, 0.05) is 23.5 Å². The highest BCUT2D eigenvalue weighted by Crippen LogP contribution is 2.33. The summed E-state index contributed by atoms with van der Waals surface area (Å²) in [7, 11) is 0. The van der Waals surface area contributed by atoms with Gasteiger partial charge in [-0.1, -0.05) is 18.2 Å². The van der Waals surface area contributed by atoms with Gasteiger partial charge >= 0.3 is 0 Å². The van der Waals surface area contributed by atoms with E-state index in [0.29, 0.717) is 5.56 Å². The Morgan fingerprint density at radius 3 is 2.57 bits per heavy atom. The average molecular weight is 280 g/mol. The molecule has 0 bridgehead atoms. The molecule has 3 nitrogen and oxygen atoms in total. The predicted octanol–water partition coefficient (Wildman–Crippen LogP) is 4.08. The Labute approximate surface area is 126 Å². The first kappa shape index (κ1) is 15.1. The topological polar surface area (TPSA) is 47.3 Å². The Balaban J connectivity index is 2.58. The Morgan fingerprint density at radius 1 is 1.24 bits per heavy atom. The van der Waals surface area contributed by atoms with Crippen LogP contribution in [-0.4, -0.2) is 11.7 Å². The Hall–Kier alpha value is -2.31.